The Balaban J connectivity index is 3.06. The first kappa shape index (κ1) is 17.0. The molecule has 0 radical (unpaired) electrons. The molecule has 112 valence electrons. The minimum atomic E-state index is -4.50. The lowest BCUT2D eigenvalue weighted by atomic mass is 10.2. The Bertz CT molecular complexity index is 494. The highest BCUT2D eigenvalue weighted by molar-refractivity contribution is 6.34. The summed E-state index contributed by atoms with van der Waals surface area (Å²) in [7, 11) is 0. The highest BCUT2D eigenvalue weighted by Gasteiger charge is 2.34. The Morgan fingerprint density at radius 1 is 1.35 bits per heavy atom. The minimum absolute atomic E-state index is 0.0609. The molecule has 1 aromatic heterocycles. The van der Waals surface area contributed by atoms with E-state index in [4.69, 9.17) is 23.2 Å². The zero-order valence-electron chi connectivity index (χ0n) is 10.7. The van der Waals surface area contributed by atoms with Crippen molar-refractivity contribution in [2.24, 2.45) is 5.92 Å². The Hall–Kier alpha value is -1.08. The van der Waals surface area contributed by atoms with Crippen molar-refractivity contribution in [3.63, 3.8) is 0 Å². The number of carbonyl (C=O) groups excluding carboxylic acids is 1. The molecule has 0 unspecified atom stereocenters. The summed E-state index contributed by atoms with van der Waals surface area (Å²) >= 11 is 11.3. The predicted octanol–water partition coefficient (Wildman–Crippen LogP) is 3.44. The van der Waals surface area contributed by atoms with Crippen LogP contribution in [0.2, 0.25) is 10.3 Å². The van der Waals surface area contributed by atoms with E-state index in [1.807, 2.05) is 0 Å². The van der Waals surface area contributed by atoms with Gasteiger partial charge < -0.3 is 4.90 Å². The van der Waals surface area contributed by atoms with Crippen molar-refractivity contribution in [2.45, 2.75) is 20.0 Å². The molecule has 1 heterocycles. The third-order valence-electron chi connectivity index (χ3n) is 2.19. The van der Waals surface area contributed by atoms with Gasteiger partial charge in [-0.3, -0.25) is 4.79 Å². The van der Waals surface area contributed by atoms with Crippen molar-refractivity contribution in [1.29, 1.82) is 0 Å². The fourth-order valence-electron chi connectivity index (χ4n) is 1.55. The van der Waals surface area contributed by atoms with Gasteiger partial charge in [0.2, 0.25) is 0 Å². The van der Waals surface area contributed by atoms with E-state index in [9.17, 15) is 18.0 Å². The monoisotopic (exact) mass is 329 g/mol. The molecule has 1 aromatic rings. The van der Waals surface area contributed by atoms with E-state index in [1.165, 1.54) is 0 Å². The largest absolute Gasteiger partial charge is 0.406 e. The topological polar surface area (TPSA) is 46.1 Å². The first-order valence-corrected chi connectivity index (χ1v) is 6.40. The van der Waals surface area contributed by atoms with Gasteiger partial charge in [-0.25, -0.2) is 0 Å². The van der Waals surface area contributed by atoms with Crippen molar-refractivity contribution in [2.75, 3.05) is 13.1 Å². The molecule has 9 heteroatoms. The first-order chi connectivity index (χ1) is 9.10. The van der Waals surface area contributed by atoms with Crippen LogP contribution in [0.3, 0.4) is 0 Å². The number of hydrogen-bond donors (Lipinski definition) is 0. The second-order valence-electron chi connectivity index (χ2n) is 4.57. The van der Waals surface area contributed by atoms with Crippen LogP contribution in [0.5, 0.6) is 0 Å². The molecular weight excluding hydrogens is 318 g/mol. The van der Waals surface area contributed by atoms with Gasteiger partial charge in [-0.15, -0.1) is 10.2 Å². The summed E-state index contributed by atoms with van der Waals surface area (Å²) in [6.45, 7) is 1.99. The number of hydrogen-bond acceptors (Lipinski definition) is 3. The zero-order valence-corrected chi connectivity index (χ0v) is 12.2. The van der Waals surface area contributed by atoms with Crippen molar-refractivity contribution < 1.29 is 18.0 Å². The summed E-state index contributed by atoms with van der Waals surface area (Å²) in [6.07, 6.45) is -4.50. The van der Waals surface area contributed by atoms with Crippen LogP contribution in [0, 0.1) is 5.92 Å². The van der Waals surface area contributed by atoms with Gasteiger partial charge in [0.25, 0.3) is 5.91 Å². The van der Waals surface area contributed by atoms with Crippen molar-refractivity contribution in [3.8, 4) is 0 Å². The summed E-state index contributed by atoms with van der Waals surface area (Å²) in [5, 5.41) is 6.42. The van der Waals surface area contributed by atoms with Crippen LogP contribution in [0.4, 0.5) is 13.2 Å². The highest BCUT2D eigenvalue weighted by atomic mass is 35.5. The highest BCUT2D eigenvalue weighted by Crippen LogP contribution is 2.22. The van der Waals surface area contributed by atoms with E-state index in [0.717, 1.165) is 6.07 Å². The van der Waals surface area contributed by atoms with Crippen LogP contribution in [0.1, 0.15) is 24.2 Å². The molecule has 0 aliphatic heterocycles. The SMILES string of the molecule is CC(C)CN(CC(F)(F)F)C(=O)c1cc(Cl)nnc1Cl. The summed E-state index contributed by atoms with van der Waals surface area (Å²) in [5.74, 6) is -1.01. The third-order valence-corrected chi connectivity index (χ3v) is 2.66. The molecule has 0 saturated carbocycles. The normalized spacial score (nSPS) is 11.8. The summed E-state index contributed by atoms with van der Waals surface area (Å²) < 4.78 is 37.6. The quantitative estimate of drug-likeness (QED) is 0.850. The molecule has 0 bridgehead atoms. The lowest BCUT2D eigenvalue weighted by molar-refractivity contribution is -0.141. The Morgan fingerprint density at radius 2 is 1.95 bits per heavy atom. The van der Waals surface area contributed by atoms with Crippen LogP contribution in [-0.4, -0.2) is 40.3 Å². The van der Waals surface area contributed by atoms with E-state index in [2.05, 4.69) is 10.2 Å². The standard InChI is InChI=1S/C11H12Cl2F3N3O/c1-6(2)4-19(5-11(14,15)16)10(20)7-3-8(12)17-18-9(7)13/h3,6H,4-5H2,1-2H3. The van der Waals surface area contributed by atoms with Gasteiger partial charge >= 0.3 is 6.18 Å². The van der Waals surface area contributed by atoms with Gasteiger partial charge in [0.1, 0.15) is 6.54 Å². The average Bonchev–Trinajstić information content (AvgIpc) is 2.28. The summed E-state index contributed by atoms with van der Waals surface area (Å²) in [6, 6.07) is 1.10. The molecule has 0 saturated heterocycles. The smallest absolute Gasteiger partial charge is 0.329 e. The fourth-order valence-corrected chi connectivity index (χ4v) is 1.87. The number of alkyl halides is 3. The number of halogens is 5. The molecule has 1 amide bonds. The predicted molar refractivity (Wildman–Crippen MR) is 68.8 cm³/mol. The number of rotatable bonds is 4. The van der Waals surface area contributed by atoms with Gasteiger partial charge in [0.05, 0.1) is 5.56 Å². The average molecular weight is 330 g/mol. The number of nitrogens with zero attached hydrogens (tertiary/aromatic N) is 3. The molecule has 4 nitrogen and oxygen atoms in total. The second kappa shape index (κ2) is 6.58. The number of aromatic nitrogens is 2. The molecule has 0 N–H and O–H groups in total. The van der Waals surface area contributed by atoms with Gasteiger partial charge in [-0.05, 0) is 12.0 Å². The fraction of sp³-hybridized carbons (Fsp3) is 0.545. The number of carbonyl (C=O) groups is 1. The molecule has 1 rings (SSSR count). The van der Waals surface area contributed by atoms with Crippen molar-refractivity contribution in [1.82, 2.24) is 15.1 Å². The van der Waals surface area contributed by atoms with Crippen molar-refractivity contribution in [3.05, 3.63) is 21.9 Å². The van der Waals surface area contributed by atoms with Crippen LogP contribution in [-0.2, 0) is 0 Å². The third kappa shape index (κ3) is 5.13. The molecule has 20 heavy (non-hydrogen) atoms. The zero-order chi connectivity index (χ0) is 15.5. The van der Waals surface area contributed by atoms with E-state index < -0.39 is 18.6 Å². The van der Waals surface area contributed by atoms with Crippen LogP contribution >= 0.6 is 23.2 Å². The van der Waals surface area contributed by atoms with Crippen molar-refractivity contribution >= 4 is 29.1 Å². The Morgan fingerprint density at radius 3 is 2.45 bits per heavy atom. The molecule has 0 aliphatic carbocycles. The maximum Gasteiger partial charge on any atom is 0.406 e. The van der Waals surface area contributed by atoms with E-state index in [0.29, 0.717) is 4.90 Å². The summed E-state index contributed by atoms with van der Waals surface area (Å²) in [5.41, 5.74) is -0.198. The maximum atomic E-state index is 12.5. The second-order valence-corrected chi connectivity index (χ2v) is 5.31. The van der Waals surface area contributed by atoms with Gasteiger partial charge in [0, 0.05) is 6.54 Å². The van der Waals surface area contributed by atoms with Gasteiger partial charge in [-0.2, -0.15) is 13.2 Å². The maximum absolute atomic E-state index is 12.5. The molecular formula is C11H12Cl2F3N3O. The Kier molecular flexibility index (Phi) is 5.59. The first-order valence-electron chi connectivity index (χ1n) is 5.65. The molecule has 0 aliphatic rings. The van der Waals surface area contributed by atoms with E-state index in [1.54, 1.807) is 13.8 Å². The number of amides is 1. The van der Waals surface area contributed by atoms with Crippen LogP contribution in [0.25, 0.3) is 0 Å². The lowest BCUT2D eigenvalue weighted by Crippen LogP contribution is -2.41. The Labute approximate surface area is 123 Å². The lowest BCUT2D eigenvalue weighted by Gasteiger charge is -2.25. The van der Waals surface area contributed by atoms with E-state index in [-0.39, 0.29) is 28.3 Å². The van der Waals surface area contributed by atoms with Gasteiger partial charge in [0.15, 0.2) is 10.3 Å². The van der Waals surface area contributed by atoms with Gasteiger partial charge in [-0.1, -0.05) is 37.0 Å². The molecule has 0 atom stereocenters. The van der Waals surface area contributed by atoms with Crippen LogP contribution in [0.15, 0.2) is 6.07 Å². The molecule has 0 spiro atoms. The summed E-state index contributed by atoms with van der Waals surface area (Å²) in [4.78, 5) is 12.8. The molecule has 0 fully saturated rings. The minimum Gasteiger partial charge on any atom is -0.329 e. The van der Waals surface area contributed by atoms with Crippen LogP contribution < -0.4 is 0 Å². The van der Waals surface area contributed by atoms with E-state index >= 15 is 0 Å². The molecule has 0 aromatic carbocycles.